The van der Waals surface area contributed by atoms with E-state index in [-0.39, 0.29) is 5.95 Å². The van der Waals surface area contributed by atoms with Crippen LogP contribution in [-0.4, -0.2) is 27.1 Å². The van der Waals surface area contributed by atoms with Crippen LogP contribution in [0.2, 0.25) is 0 Å². The lowest BCUT2D eigenvalue weighted by molar-refractivity contribution is -0.141. The van der Waals surface area contributed by atoms with Crippen LogP contribution in [0.5, 0.6) is 0 Å². The Morgan fingerprint density at radius 1 is 1.56 bits per heavy atom. The SMILES string of the molecule is CC(Nc1nccc(C(F)(F)F)n1)C(=O)O. The van der Waals surface area contributed by atoms with Crippen molar-refractivity contribution in [1.82, 2.24) is 9.97 Å². The molecule has 1 rings (SSSR count). The molecule has 0 fully saturated rings. The molecule has 1 aromatic heterocycles. The van der Waals surface area contributed by atoms with E-state index in [9.17, 15) is 18.0 Å². The second-order valence-corrected chi connectivity index (χ2v) is 2.97. The molecule has 1 heterocycles. The Hall–Kier alpha value is -1.86. The molecule has 88 valence electrons. The van der Waals surface area contributed by atoms with E-state index in [0.29, 0.717) is 6.07 Å². The van der Waals surface area contributed by atoms with E-state index in [1.165, 1.54) is 6.92 Å². The molecule has 2 N–H and O–H groups in total. The van der Waals surface area contributed by atoms with Crippen LogP contribution in [0.1, 0.15) is 12.6 Å². The predicted octanol–water partition coefficient (Wildman–Crippen LogP) is 1.38. The molecule has 0 bridgehead atoms. The van der Waals surface area contributed by atoms with Crippen LogP contribution in [0.3, 0.4) is 0 Å². The number of alkyl halides is 3. The average Bonchev–Trinajstić information content (AvgIpc) is 2.16. The number of nitrogens with zero attached hydrogens (tertiary/aromatic N) is 2. The van der Waals surface area contributed by atoms with E-state index in [2.05, 4.69) is 15.3 Å². The van der Waals surface area contributed by atoms with Gasteiger partial charge in [0.25, 0.3) is 0 Å². The van der Waals surface area contributed by atoms with Gasteiger partial charge < -0.3 is 10.4 Å². The summed E-state index contributed by atoms with van der Waals surface area (Å²) in [6.45, 7) is 1.27. The molecular weight excluding hydrogens is 227 g/mol. The highest BCUT2D eigenvalue weighted by Crippen LogP contribution is 2.27. The molecule has 0 aliphatic carbocycles. The molecule has 1 aromatic rings. The second kappa shape index (κ2) is 4.33. The summed E-state index contributed by atoms with van der Waals surface area (Å²) in [5.41, 5.74) is -1.12. The van der Waals surface area contributed by atoms with Gasteiger partial charge in [0, 0.05) is 6.20 Å². The first-order chi connectivity index (χ1) is 7.30. The molecular formula is C8H8F3N3O2. The molecule has 0 saturated heterocycles. The van der Waals surface area contributed by atoms with Crippen LogP contribution >= 0.6 is 0 Å². The fourth-order valence-corrected chi connectivity index (χ4v) is 0.842. The second-order valence-electron chi connectivity index (χ2n) is 2.97. The third kappa shape index (κ3) is 3.07. The number of carboxylic acid groups (broad SMARTS) is 1. The number of hydrogen-bond donors (Lipinski definition) is 2. The first-order valence-electron chi connectivity index (χ1n) is 4.20. The van der Waals surface area contributed by atoms with Gasteiger partial charge in [0.05, 0.1) is 0 Å². The summed E-state index contributed by atoms with van der Waals surface area (Å²) in [5, 5.41) is 10.8. The van der Waals surface area contributed by atoms with E-state index in [1.54, 1.807) is 0 Å². The van der Waals surface area contributed by atoms with Crippen molar-refractivity contribution in [3.63, 3.8) is 0 Å². The van der Waals surface area contributed by atoms with Crippen molar-refractivity contribution in [2.45, 2.75) is 19.1 Å². The molecule has 5 nitrogen and oxygen atoms in total. The number of hydrogen-bond acceptors (Lipinski definition) is 4. The molecule has 16 heavy (non-hydrogen) atoms. The number of aliphatic carboxylic acids is 1. The normalized spacial score (nSPS) is 13.2. The third-order valence-electron chi connectivity index (χ3n) is 1.66. The highest BCUT2D eigenvalue weighted by Gasteiger charge is 2.32. The van der Waals surface area contributed by atoms with Crippen molar-refractivity contribution in [2.75, 3.05) is 5.32 Å². The average molecular weight is 235 g/mol. The first-order valence-corrected chi connectivity index (χ1v) is 4.20. The number of anilines is 1. The van der Waals surface area contributed by atoms with Gasteiger partial charge in [-0.1, -0.05) is 0 Å². The molecule has 1 atom stereocenters. The van der Waals surface area contributed by atoms with Crippen molar-refractivity contribution in [3.05, 3.63) is 18.0 Å². The minimum Gasteiger partial charge on any atom is -0.480 e. The Kier molecular flexibility index (Phi) is 3.31. The van der Waals surface area contributed by atoms with Crippen molar-refractivity contribution in [1.29, 1.82) is 0 Å². The number of aromatic nitrogens is 2. The summed E-state index contributed by atoms with van der Waals surface area (Å²) in [4.78, 5) is 17.1. The summed E-state index contributed by atoms with van der Waals surface area (Å²) >= 11 is 0. The zero-order valence-electron chi connectivity index (χ0n) is 8.12. The van der Waals surface area contributed by atoms with Gasteiger partial charge in [-0.15, -0.1) is 0 Å². The minimum atomic E-state index is -4.58. The Bertz CT molecular complexity index is 394. The van der Waals surface area contributed by atoms with Gasteiger partial charge in [-0.3, -0.25) is 4.79 Å². The highest BCUT2D eigenvalue weighted by atomic mass is 19.4. The van der Waals surface area contributed by atoms with E-state index < -0.39 is 23.9 Å². The Morgan fingerprint density at radius 3 is 2.69 bits per heavy atom. The first kappa shape index (κ1) is 12.2. The summed E-state index contributed by atoms with van der Waals surface area (Å²) < 4.78 is 36.7. The van der Waals surface area contributed by atoms with Gasteiger partial charge in [0.2, 0.25) is 5.95 Å². The lowest BCUT2D eigenvalue weighted by Crippen LogP contribution is -2.27. The van der Waals surface area contributed by atoms with Gasteiger partial charge in [-0.25, -0.2) is 9.97 Å². The Labute approximate surface area is 88.3 Å². The molecule has 0 amide bonds. The maximum Gasteiger partial charge on any atom is 0.433 e. The van der Waals surface area contributed by atoms with Gasteiger partial charge in [-0.05, 0) is 13.0 Å². The molecule has 0 aromatic carbocycles. The lowest BCUT2D eigenvalue weighted by atomic mass is 10.3. The maximum absolute atomic E-state index is 12.2. The number of halogens is 3. The van der Waals surface area contributed by atoms with Crippen LogP contribution < -0.4 is 5.32 Å². The highest BCUT2D eigenvalue weighted by molar-refractivity contribution is 5.75. The Morgan fingerprint density at radius 2 is 2.19 bits per heavy atom. The van der Waals surface area contributed by atoms with Gasteiger partial charge in [0.1, 0.15) is 11.7 Å². The van der Waals surface area contributed by atoms with Crippen LogP contribution in [0.4, 0.5) is 19.1 Å². The van der Waals surface area contributed by atoms with E-state index in [4.69, 9.17) is 5.11 Å². The van der Waals surface area contributed by atoms with Gasteiger partial charge in [0.15, 0.2) is 0 Å². The largest absolute Gasteiger partial charge is 0.480 e. The molecule has 0 saturated carbocycles. The molecule has 8 heteroatoms. The van der Waals surface area contributed by atoms with Crippen molar-refractivity contribution < 1.29 is 23.1 Å². The monoisotopic (exact) mass is 235 g/mol. The minimum absolute atomic E-state index is 0.371. The maximum atomic E-state index is 12.2. The van der Waals surface area contributed by atoms with Crippen molar-refractivity contribution in [3.8, 4) is 0 Å². The van der Waals surface area contributed by atoms with E-state index >= 15 is 0 Å². The summed E-state index contributed by atoms with van der Waals surface area (Å²) in [7, 11) is 0. The van der Waals surface area contributed by atoms with Crippen LogP contribution in [0.15, 0.2) is 12.3 Å². The van der Waals surface area contributed by atoms with E-state index in [0.717, 1.165) is 6.20 Å². The molecule has 0 spiro atoms. The zero-order valence-corrected chi connectivity index (χ0v) is 8.12. The number of rotatable bonds is 3. The predicted molar refractivity (Wildman–Crippen MR) is 47.8 cm³/mol. The van der Waals surface area contributed by atoms with E-state index in [1.807, 2.05) is 0 Å². The third-order valence-corrected chi connectivity index (χ3v) is 1.66. The fourth-order valence-electron chi connectivity index (χ4n) is 0.842. The summed E-state index contributed by atoms with van der Waals surface area (Å²) in [6.07, 6.45) is -3.67. The summed E-state index contributed by atoms with van der Waals surface area (Å²) in [6, 6.07) is -0.361. The lowest BCUT2D eigenvalue weighted by Gasteiger charge is -2.10. The standard InChI is InChI=1S/C8H8F3N3O2/c1-4(6(15)16)13-7-12-3-2-5(14-7)8(9,10)11/h2-4H,1H3,(H,15,16)(H,12,13,14). The fraction of sp³-hybridized carbons (Fsp3) is 0.375. The summed E-state index contributed by atoms with van der Waals surface area (Å²) in [5.74, 6) is -1.58. The quantitative estimate of drug-likeness (QED) is 0.827. The molecule has 0 radical (unpaired) electrons. The van der Waals surface area contributed by atoms with Crippen molar-refractivity contribution in [2.24, 2.45) is 0 Å². The van der Waals surface area contributed by atoms with Crippen LogP contribution in [0.25, 0.3) is 0 Å². The topological polar surface area (TPSA) is 75.1 Å². The van der Waals surface area contributed by atoms with Crippen LogP contribution in [0, 0.1) is 0 Å². The Balaban J connectivity index is 2.87. The number of carboxylic acids is 1. The molecule has 0 aliphatic rings. The number of nitrogens with one attached hydrogen (secondary N) is 1. The van der Waals surface area contributed by atoms with Crippen molar-refractivity contribution >= 4 is 11.9 Å². The number of carbonyl (C=O) groups is 1. The van der Waals surface area contributed by atoms with Gasteiger partial charge in [-0.2, -0.15) is 13.2 Å². The smallest absolute Gasteiger partial charge is 0.433 e. The molecule has 0 aliphatic heterocycles. The zero-order chi connectivity index (χ0) is 12.3. The van der Waals surface area contributed by atoms with Gasteiger partial charge >= 0.3 is 12.1 Å². The van der Waals surface area contributed by atoms with Crippen LogP contribution in [-0.2, 0) is 11.0 Å². The molecule has 1 unspecified atom stereocenters.